The van der Waals surface area contributed by atoms with E-state index >= 15 is 0 Å². The van der Waals surface area contributed by atoms with Crippen LogP contribution in [0.25, 0.3) is 0 Å². The number of aliphatic hydroxyl groups is 11. The van der Waals surface area contributed by atoms with Crippen LogP contribution in [0, 0.1) is 0 Å². The molecule has 0 radical (unpaired) electrons. The van der Waals surface area contributed by atoms with E-state index in [9.17, 15) is 61.0 Å². The normalized spacial score (nSPS) is 29.8. The molecule has 19 heteroatoms. The summed E-state index contributed by atoms with van der Waals surface area (Å²) >= 11 is 0. The van der Waals surface area contributed by atoms with Crippen LogP contribution in [0.5, 0.6) is 0 Å². The number of carbonyl (C=O) groups is 1. The molecule has 82 heavy (non-hydrogen) atoms. The van der Waals surface area contributed by atoms with E-state index in [4.69, 9.17) is 28.4 Å². The number of nitrogens with one attached hydrogen (secondary N) is 1. The van der Waals surface area contributed by atoms with E-state index in [0.717, 1.165) is 51.4 Å². The first kappa shape index (κ1) is 74.3. The molecule has 1 amide bonds. The van der Waals surface area contributed by atoms with Crippen molar-refractivity contribution in [3.8, 4) is 0 Å². The Bertz CT molecular complexity index is 1640. The number of allylic oxidation sites excluding steroid dienone is 5. The Morgan fingerprint density at radius 2 is 0.780 bits per heavy atom. The van der Waals surface area contributed by atoms with Crippen molar-refractivity contribution in [2.24, 2.45) is 0 Å². The van der Waals surface area contributed by atoms with Gasteiger partial charge in [-0.2, -0.15) is 0 Å². The molecule has 3 aliphatic rings. The molecule has 0 saturated carbocycles. The van der Waals surface area contributed by atoms with Gasteiger partial charge in [0.25, 0.3) is 0 Å². The van der Waals surface area contributed by atoms with Crippen LogP contribution in [0.1, 0.15) is 226 Å². The third-order valence-electron chi connectivity index (χ3n) is 16.2. The summed E-state index contributed by atoms with van der Waals surface area (Å²) in [5.41, 5.74) is 0. The maximum atomic E-state index is 13.3. The van der Waals surface area contributed by atoms with Crippen molar-refractivity contribution in [3.63, 3.8) is 0 Å². The van der Waals surface area contributed by atoms with E-state index in [1.54, 1.807) is 6.08 Å². The van der Waals surface area contributed by atoms with Gasteiger partial charge < -0.3 is 89.9 Å². The Kier molecular flexibility index (Phi) is 41.8. The Balaban J connectivity index is 1.41. The van der Waals surface area contributed by atoms with Crippen LogP contribution in [0.4, 0.5) is 0 Å². The quantitative estimate of drug-likeness (QED) is 0.0218. The zero-order chi connectivity index (χ0) is 59.7. The molecular weight excluding hydrogens is 1060 g/mol. The fraction of sp³-hybridized carbons (Fsp3) is 0.889. The largest absolute Gasteiger partial charge is 0.394 e. The molecule has 0 spiro atoms. The van der Waals surface area contributed by atoms with E-state index in [-0.39, 0.29) is 18.9 Å². The van der Waals surface area contributed by atoms with Gasteiger partial charge in [0.2, 0.25) is 5.91 Å². The van der Waals surface area contributed by atoms with Gasteiger partial charge in [0.15, 0.2) is 18.9 Å². The number of ether oxygens (including phenoxy) is 6. The lowest BCUT2D eigenvalue weighted by Gasteiger charge is -2.48. The lowest BCUT2D eigenvalue weighted by Crippen LogP contribution is -2.66. The molecule has 480 valence electrons. The van der Waals surface area contributed by atoms with Gasteiger partial charge in [-0.25, -0.2) is 0 Å². The van der Waals surface area contributed by atoms with Crippen molar-refractivity contribution in [2.45, 2.75) is 330 Å². The van der Waals surface area contributed by atoms with Gasteiger partial charge in [-0.3, -0.25) is 4.79 Å². The molecular formula is C63H115NO18. The summed E-state index contributed by atoms with van der Waals surface area (Å²) in [6, 6.07) is -0.992. The molecule has 17 unspecified atom stereocenters. The number of hydrogen-bond donors (Lipinski definition) is 12. The molecule has 3 heterocycles. The first-order valence-electron chi connectivity index (χ1n) is 32.2. The number of aliphatic hydroxyl groups excluding tert-OH is 11. The van der Waals surface area contributed by atoms with Gasteiger partial charge in [0.05, 0.1) is 38.6 Å². The monoisotopic (exact) mass is 1170 g/mol. The molecule has 0 aromatic heterocycles. The molecule has 3 fully saturated rings. The van der Waals surface area contributed by atoms with Crippen LogP contribution in [0.15, 0.2) is 36.5 Å². The highest BCUT2D eigenvalue weighted by Gasteiger charge is 2.53. The number of carbonyl (C=O) groups excluding carboxylic acids is 1. The molecule has 0 aromatic rings. The summed E-state index contributed by atoms with van der Waals surface area (Å²) in [5.74, 6) is -0.289. The summed E-state index contributed by atoms with van der Waals surface area (Å²) in [5, 5.41) is 120. The SMILES string of the molecule is CCC/C=C/CC/C=C/CC/C=C/C(O)C(COC1OC(CO)C(OC2OC(CO)C(OC3OC(CO)C(O)C(O)C3O)C(O)C2O)C(O)C1O)NC(=O)CCCCCCCCCCCCCCCCCCCCCCCCCCCC. The Morgan fingerprint density at radius 3 is 1.20 bits per heavy atom. The lowest BCUT2D eigenvalue weighted by atomic mass is 9.96. The van der Waals surface area contributed by atoms with Gasteiger partial charge in [-0.1, -0.05) is 217 Å². The van der Waals surface area contributed by atoms with E-state index in [1.165, 1.54) is 141 Å². The van der Waals surface area contributed by atoms with Crippen molar-refractivity contribution < 1.29 is 89.4 Å². The molecule has 17 atom stereocenters. The Hall–Kier alpha value is -1.99. The van der Waals surface area contributed by atoms with Crippen molar-refractivity contribution in [1.29, 1.82) is 0 Å². The summed E-state index contributed by atoms with van der Waals surface area (Å²) in [6.45, 7) is 1.63. The summed E-state index contributed by atoms with van der Waals surface area (Å²) in [6.07, 6.45) is 24.5. The molecule has 0 aliphatic carbocycles. The van der Waals surface area contributed by atoms with E-state index in [1.807, 2.05) is 6.08 Å². The van der Waals surface area contributed by atoms with Gasteiger partial charge in [-0.15, -0.1) is 0 Å². The first-order valence-corrected chi connectivity index (χ1v) is 32.2. The summed E-state index contributed by atoms with van der Waals surface area (Å²) < 4.78 is 34.2. The van der Waals surface area contributed by atoms with Crippen molar-refractivity contribution >= 4 is 5.91 Å². The number of amides is 1. The maximum absolute atomic E-state index is 13.3. The molecule has 12 N–H and O–H groups in total. The maximum Gasteiger partial charge on any atom is 0.220 e. The molecule has 0 aromatic carbocycles. The second kappa shape index (κ2) is 46.2. The minimum absolute atomic E-state index is 0.235. The van der Waals surface area contributed by atoms with Crippen molar-refractivity contribution in [1.82, 2.24) is 5.32 Å². The van der Waals surface area contributed by atoms with E-state index in [2.05, 4.69) is 43.5 Å². The van der Waals surface area contributed by atoms with Crippen molar-refractivity contribution in [2.75, 3.05) is 26.4 Å². The molecule has 19 nitrogen and oxygen atoms in total. The minimum atomic E-state index is -1.98. The average Bonchev–Trinajstić information content (AvgIpc) is 3.67. The van der Waals surface area contributed by atoms with Crippen LogP contribution >= 0.6 is 0 Å². The third-order valence-corrected chi connectivity index (χ3v) is 16.2. The van der Waals surface area contributed by atoms with E-state index < -0.39 is 124 Å². The van der Waals surface area contributed by atoms with Crippen LogP contribution in [0.2, 0.25) is 0 Å². The smallest absolute Gasteiger partial charge is 0.220 e. The number of unbranched alkanes of at least 4 members (excludes halogenated alkanes) is 28. The van der Waals surface area contributed by atoms with Gasteiger partial charge in [0.1, 0.15) is 73.2 Å². The number of hydrogen-bond acceptors (Lipinski definition) is 18. The molecule has 3 rings (SSSR count). The standard InChI is InChI=1S/C63H115NO18/c1-3-5-7-9-11-13-15-16-17-18-19-20-21-22-23-24-25-26-27-28-29-31-33-35-37-39-41-51(69)64-46(47(68)40-38-36-34-32-30-14-12-10-8-6-4-2)45-77-61-57(75)54(72)59(49(43-66)79-61)82-63-58(76)55(73)60(50(44-67)80-63)81-62-56(74)53(71)52(70)48(42-65)78-62/h8,10,30,32,38,40,46-50,52-63,65-68,70-76H,3-7,9,11-29,31,33-37,39,41-45H2,1-2H3,(H,64,69)/b10-8+,32-30+,40-38+. The highest BCUT2D eigenvalue weighted by Crippen LogP contribution is 2.33. The first-order chi connectivity index (χ1) is 39.8. The predicted octanol–water partition coefficient (Wildman–Crippen LogP) is 6.88. The number of rotatable bonds is 48. The minimum Gasteiger partial charge on any atom is -0.394 e. The second-order valence-electron chi connectivity index (χ2n) is 23.2. The second-order valence-corrected chi connectivity index (χ2v) is 23.2. The summed E-state index contributed by atoms with van der Waals surface area (Å²) in [4.78, 5) is 13.3. The lowest BCUT2D eigenvalue weighted by molar-refractivity contribution is -0.379. The molecule has 3 aliphatic heterocycles. The van der Waals surface area contributed by atoms with Crippen LogP contribution in [0.3, 0.4) is 0 Å². The van der Waals surface area contributed by atoms with Gasteiger partial charge >= 0.3 is 0 Å². The average molecular weight is 1170 g/mol. The fourth-order valence-electron chi connectivity index (χ4n) is 10.9. The van der Waals surface area contributed by atoms with Crippen molar-refractivity contribution in [3.05, 3.63) is 36.5 Å². The van der Waals surface area contributed by atoms with Crippen LogP contribution in [-0.2, 0) is 33.2 Å². The zero-order valence-electron chi connectivity index (χ0n) is 50.2. The van der Waals surface area contributed by atoms with Crippen LogP contribution in [-0.4, -0.2) is 193 Å². The van der Waals surface area contributed by atoms with Gasteiger partial charge in [-0.05, 0) is 38.5 Å². The predicted molar refractivity (Wildman–Crippen MR) is 314 cm³/mol. The third kappa shape index (κ3) is 29.1. The molecule has 0 bridgehead atoms. The van der Waals surface area contributed by atoms with E-state index in [0.29, 0.717) is 12.8 Å². The topological polar surface area (TPSA) is 307 Å². The fourth-order valence-corrected chi connectivity index (χ4v) is 10.9. The molecule has 3 saturated heterocycles. The Morgan fingerprint density at radius 1 is 0.427 bits per heavy atom. The van der Waals surface area contributed by atoms with Crippen LogP contribution < -0.4 is 5.32 Å². The Labute approximate surface area is 491 Å². The highest BCUT2D eigenvalue weighted by atomic mass is 16.8. The van der Waals surface area contributed by atoms with Gasteiger partial charge in [0, 0.05) is 6.42 Å². The summed E-state index contributed by atoms with van der Waals surface area (Å²) in [7, 11) is 0. The highest BCUT2D eigenvalue weighted by molar-refractivity contribution is 5.76. The zero-order valence-corrected chi connectivity index (χ0v) is 50.2.